The number of hydrogen-bond acceptors (Lipinski definition) is 3. The molecule has 0 saturated heterocycles. The van der Waals surface area contributed by atoms with Crippen LogP contribution in [0.2, 0.25) is 0 Å². The Bertz CT molecular complexity index is 839. The summed E-state index contributed by atoms with van der Waals surface area (Å²) in [5.41, 5.74) is 2.87. The van der Waals surface area contributed by atoms with Gasteiger partial charge in [-0.25, -0.2) is 0 Å². The lowest BCUT2D eigenvalue weighted by molar-refractivity contribution is -0.112. The van der Waals surface area contributed by atoms with E-state index in [0.29, 0.717) is 17.0 Å². The lowest BCUT2D eigenvalue weighted by atomic mass is 10.0. The highest BCUT2D eigenvalue weighted by Crippen LogP contribution is 2.24. The van der Waals surface area contributed by atoms with Gasteiger partial charge in [0, 0.05) is 33.1 Å². The molecule has 0 bridgehead atoms. The van der Waals surface area contributed by atoms with E-state index in [9.17, 15) is 13.8 Å². The predicted molar refractivity (Wildman–Crippen MR) is 109 cm³/mol. The second-order valence-corrected chi connectivity index (χ2v) is 8.85. The molecule has 1 saturated carbocycles. The summed E-state index contributed by atoms with van der Waals surface area (Å²) in [5, 5.41) is 2.94. The average Bonchev–Trinajstić information content (AvgIpc) is 2.69. The van der Waals surface area contributed by atoms with E-state index in [0.717, 1.165) is 36.8 Å². The van der Waals surface area contributed by atoms with E-state index >= 15 is 0 Å². The summed E-state index contributed by atoms with van der Waals surface area (Å²) >= 11 is 0. The first kappa shape index (κ1) is 19.5. The first-order chi connectivity index (χ1) is 13.0. The molecule has 0 spiro atoms. The number of nitrogens with one attached hydrogen (secondary N) is 1. The normalized spacial score (nSPS) is 15.9. The quantitative estimate of drug-likeness (QED) is 0.594. The molecule has 2 aromatic carbocycles. The molecular weight excluding hydrogens is 358 g/mol. The average molecular weight is 384 g/mol. The zero-order valence-corrected chi connectivity index (χ0v) is 16.4. The number of hydrogen-bond donors (Lipinski definition) is 1. The summed E-state index contributed by atoms with van der Waals surface area (Å²) in [7, 11) is -0.899. The molecule has 1 fully saturated rings. The van der Waals surface area contributed by atoms with Crippen LogP contribution in [0.4, 0.5) is 5.69 Å². The van der Waals surface area contributed by atoms with Gasteiger partial charge in [-0.05, 0) is 37.5 Å². The molecule has 1 aliphatic rings. The molecule has 0 aliphatic heterocycles. The van der Waals surface area contributed by atoms with Gasteiger partial charge in [-0.2, -0.15) is 0 Å². The highest BCUT2D eigenvalue weighted by atomic mass is 32.2. The topological polar surface area (TPSA) is 63.2 Å². The number of amides is 1. The van der Waals surface area contributed by atoms with Gasteiger partial charge in [0.2, 0.25) is 0 Å². The van der Waals surface area contributed by atoms with Crippen molar-refractivity contribution in [3.8, 4) is 0 Å². The molecule has 0 radical (unpaired) electrons. The van der Waals surface area contributed by atoms with Gasteiger partial charge in [-0.15, -0.1) is 0 Å². The molecule has 27 heavy (non-hydrogen) atoms. The lowest BCUT2D eigenvalue weighted by Crippen LogP contribution is -2.23. The third-order valence-electron chi connectivity index (χ3n) is 4.94. The number of anilines is 1. The Hall–Kier alpha value is -2.27. The van der Waals surface area contributed by atoms with Crippen molar-refractivity contribution in [3.63, 3.8) is 0 Å². The molecule has 1 atom stereocenters. The van der Waals surface area contributed by atoms with Crippen LogP contribution >= 0.6 is 0 Å². The van der Waals surface area contributed by atoms with Gasteiger partial charge in [0.15, 0.2) is 0 Å². The lowest BCUT2D eigenvalue weighted by Gasteiger charge is -2.21. The van der Waals surface area contributed by atoms with Gasteiger partial charge in [0.05, 0.1) is 0 Å². The van der Waals surface area contributed by atoms with Crippen LogP contribution in [0, 0.1) is 6.92 Å². The van der Waals surface area contributed by atoms with Crippen molar-refractivity contribution in [1.82, 2.24) is 0 Å². The number of rotatable bonds is 6. The monoisotopic (exact) mass is 383 g/mol. The van der Waals surface area contributed by atoms with Crippen LogP contribution in [0.3, 0.4) is 0 Å². The Morgan fingerprint density at radius 2 is 1.74 bits per heavy atom. The van der Waals surface area contributed by atoms with Crippen LogP contribution in [0.25, 0.3) is 0 Å². The Morgan fingerprint density at radius 3 is 2.44 bits per heavy atom. The van der Waals surface area contributed by atoms with Crippen LogP contribution in [0.5, 0.6) is 0 Å². The molecule has 5 heteroatoms. The van der Waals surface area contributed by atoms with Crippen molar-refractivity contribution in [2.24, 2.45) is 0 Å². The van der Waals surface area contributed by atoms with Crippen LogP contribution in [-0.2, 0) is 21.3 Å². The summed E-state index contributed by atoms with van der Waals surface area (Å²) in [5.74, 6) is -0.740. The molecule has 1 N–H and O–H groups in total. The summed E-state index contributed by atoms with van der Waals surface area (Å²) in [6, 6.07) is 14.2. The molecule has 4 nitrogen and oxygen atoms in total. The van der Waals surface area contributed by atoms with Crippen LogP contribution in [-0.4, -0.2) is 21.1 Å². The second-order valence-electron chi connectivity index (χ2n) is 7.13. The van der Waals surface area contributed by atoms with E-state index in [2.05, 4.69) is 5.32 Å². The minimum atomic E-state index is -0.899. The smallest absolute Gasteiger partial charge is 0.296 e. The standard InChI is InChI=1S/C22H25NO3S/c1-16-10-12-18(13-11-16)21(24)22(25)23-19-7-5-6-17(14-19)15-27(26)20-8-3-2-4-9-20/h5-7,10-14,20H,2-4,8-9,15H2,1H3,(H,23,25)/t27-/m0/s1. The van der Waals surface area contributed by atoms with Crippen molar-refractivity contribution >= 4 is 28.2 Å². The minimum absolute atomic E-state index is 0.278. The van der Waals surface area contributed by atoms with Crippen molar-refractivity contribution in [2.75, 3.05) is 5.32 Å². The molecule has 142 valence electrons. The Morgan fingerprint density at radius 1 is 1.04 bits per heavy atom. The molecule has 3 rings (SSSR count). The number of aryl methyl sites for hydroxylation is 1. The number of ketones is 1. The van der Waals surface area contributed by atoms with E-state index < -0.39 is 22.5 Å². The fourth-order valence-corrected chi connectivity index (χ4v) is 4.98. The largest absolute Gasteiger partial charge is 0.319 e. The summed E-state index contributed by atoms with van der Waals surface area (Å²) in [6.07, 6.45) is 5.63. The molecule has 0 aromatic heterocycles. The van der Waals surface area contributed by atoms with Gasteiger partial charge in [-0.3, -0.25) is 13.8 Å². The summed E-state index contributed by atoms with van der Waals surface area (Å²) in [6.45, 7) is 1.93. The fraction of sp³-hybridized carbons (Fsp3) is 0.364. The van der Waals surface area contributed by atoms with Gasteiger partial charge in [0.1, 0.15) is 0 Å². The van der Waals surface area contributed by atoms with Crippen molar-refractivity contribution < 1.29 is 13.8 Å². The number of carbonyl (C=O) groups excluding carboxylic acids is 2. The van der Waals surface area contributed by atoms with Crippen molar-refractivity contribution in [1.29, 1.82) is 0 Å². The first-order valence-electron chi connectivity index (χ1n) is 9.41. The van der Waals surface area contributed by atoms with Crippen LogP contribution in [0.15, 0.2) is 48.5 Å². The number of benzene rings is 2. The predicted octanol–water partition coefficient (Wildman–Crippen LogP) is 4.40. The minimum Gasteiger partial charge on any atom is -0.319 e. The highest BCUT2D eigenvalue weighted by molar-refractivity contribution is 7.84. The number of Topliss-reactive ketones (excluding diaryl/α,β-unsaturated/α-hetero) is 1. The maximum absolute atomic E-state index is 12.6. The second kappa shape index (κ2) is 9.09. The molecular formula is C22H25NO3S. The van der Waals surface area contributed by atoms with E-state index in [1.165, 1.54) is 6.42 Å². The van der Waals surface area contributed by atoms with Gasteiger partial charge >= 0.3 is 0 Å². The zero-order valence-electron chi connectivity index (χ0n) is 15.6. The molecule has 1 aliphatic carbocycles. The maximum atomic E-state index is 12.6. The molecule has 0 unspecified atom stereocenters. The molecule has 1 amide bonds. The fourth-order valence-electron chi connectivity index (χ4n) is 3.37. The zero-order chi connectivity index (χ0) is 19.2. The summed E-state index contributed by atoms with van der Waals surface area (Å²) in [4.78, 5) is 24.5. The van der Waals surface area contributed by atoms with Crippen LogP contribution < -0.4 is 5.32 Å². The third-order valence-corrected chi connectivity index (χ3v) is 6.77. The maximum Gasteiger partial charge on any atom is 0.296 e. The van der Waals surface area contributed by atoms with Gasteiger partial charge in [0.25, 0.3) is 11.7 Å². The van der Waals surface area contributed by atoms with Gasteiger partial charge < -0.3 is 5.32 Å². The molecule has 2 aromatic rings. The first-order valence-corrected chi connectivity index (χ1v) is 10.8. The summed E-state index contributed by atoms with van der Waals surface area (Å²) < 4.78 is 12.6. The Labute approximate surface area is 162 Å². The number of carbonyl (C=O) groups is 2. The van der Waals surface area contributed by atoms with Crippen molar-refractivity contribution in [2.45, 2.75) is 50.0 Å². The Balaban J connectivity index is 1.62. The molecule has 0 heterocycles. The van der Waals surface area contributed by atoms with E-state index in [1.54, 1.807) is 24.3 Å². The van der Waals surface area contributed by atoms with E-state index in [4.69, 9.17) is 0 Å². The highest BCUT2D eigenvalue weighted by Gasteiger charge is 2.20. The van der Waals surface area contributed by atoms with Crippen LogP contribution in [0.1, 0.15) is 53.6 Å². The SMILES string of the molecule is Cc1ccc(C(=O)C(=O)Nc2cccc(C[S@](=O)C3CCCCC3)c2)cc1. The van der Waals surface area contributed by atoms with Crippen molar-refractivity contribution in [3.05, 3.63) is 65.2 Å². The van der Waals surface area contributed by atoms with E-state index in [-0.39, 0.29) is 5.25 Å². The third kappa shape index (κ3) is 5.36. The van der Waals surface area contributed by atoms with Gasteiger partial charge in [-0.1, -0.05) is 61.2 Å². The van der Waals surface area contributed by atoms with E-state index in [1.807, 2.05) is 31.2 Å². The Kier molecular flexibility index (Phi) is 6.56.